The third-order valence-corrected chi connectivity index (χ3v) is 3.86. The molecule has 0 spiro atoms. The zero-order chi connectivity index (χ0) is 14.1. The van der Waals surface area contributed by atoms with E-state index in [1.54, 1.807) is 0 Å². The van der Waals surface area contributed by atoms with Gasteiger partial charge in [-0.25, -0.2) is 4.98 Å². The van der Waals surface area contributed by atoms with Crippen molar-refractivity contribution >= 4 is 5.91 Å². The third-order valence-electron chi connectivity index (χ3n) is 3.86. The van der Waals surface area contributed by atoms with Crippen molar-refractivity contribution in [3.8, 4) is 0 Å². The molecule has 5 nitrogen and oxygen atoms in total. The highest BCUT2D eigenvalue weighted by Crippen LogP contribution is 2.32. The number of fused-ring (bicyclic) bond motifs is 1. The number of nitrogens with zero attached hydrogens (tertiary/aromatic N) is 1. The molecule has 0 bridgehead atoms. The van der Waals surface area contributed by atoms with E-state index >= 15 is 0 Å². The van der Waals surface area contributed by atoms with Crippen molar-refractivity contribution in [1.82, 2.24) is 10.3 Å². The molecule has 20 heavy (non-hydrogen) atoms. The molecular formula is C15H17N3O2. The normalized spacial score (nSPS) is 20.7. The van der Waals surface area contributed by atoms with Gasteiger partial charge in [-0.15, -0.1) is 0 Å². The number of benzene rings is 1. The van der Waals surface area contributed by atoms with Crippen LogP contribution in [0.1, 0.15) is 40.3 Å². The van der Waals surface area contributed by atoms with Crippen molar-refractivity contribution in [1.29, 1.82) is 0 Å². The second kappa shape index (κ2) is 5.09. The van der Waals surface area contributed by atoms with Gasteiger partial charge in [0, 0.05) is 12.0 Å². The van der Waals surface area contributed by atoms with Gasteiger partial charge in [-0.1, -0.05) is 31.2 Å². The number of rotatable bonds is 3. The van der Waals surface area contributed by atoms with E-state index in [-0.39, 0.29) is 24.2 Å². The van der Waals surface area contributed by atoms with Crippen LogP contribution in [0.15, 0.2) is 34.9 Å². The Kier molecular flexibility index (Phi) is 3.28. The third kappa shape index (κ3) is 2.20. The SMILES string of the molecule is C[C@H]1c2ccccc2C[C@H]1NC(=O)c1coc(CN)n1. The minimum absolute atomic E-state index is 0.0953. The van der Waals surface area contributed by atoms with Crippen LogP contribution in [0.5, 0.6) is 0 Å². The van der Waals surface area contributed by atoms with E-state index in [4.69, 9.17) is 10.2 Å². The smallest absolute Gasteiger partial charge is 0.273 e. The molecule has 3 N–H and O–H groups in total. The van der Waals surface area contributed by atoms with Crippen LogP contribution in [0.4, 0.5) is 0 Å². The first-order valence-corrected chi connectivity index (χ1v) is 6.72. The van der Waals surface area contributed by atoms with Gasteiger partial charge in [-0.2, -0.15) is 0 Å². The van der Waals surface area contributed by atoms with Gasteiger partial charge in [0.15, 0.2) is 5.69 Å². The van der Waals surface area contributed by atoms with Crippen LogP contribution >= 0.6 is 0 Å². The van der Waals surface area contributed by atoms with Gasteiger partial charge < -0.3 is 15.5 Å². The van der Waals surface area contributed by atoms with E-state index in [9.17, 15) is 4.79 Å². The van der Waals surface area contributed by atoms with Crippen molar-refractivity contribution in [2.75, 3.05) is 0 Å². The number of amides is 1. The molecule has 2 aromatic rings. The quantitative estimate of drug-likeness (QED) is 0.888. The number of carbonyl (C=O) groups excluding carboxylic acids is 1. The molecule has 0 aliphatic heterocycles. The fourth-order valence-electron chi connectivity index (χ4n) is 2.72. The standard InChI is InChI=1S/C15H17N3O2/c1-9-11-5-3-2-4-10(11)6-12(9)18-15(19)13-8-20-14(7-16)17-13/h2-5,8-9,12H,6-7,16H2,1H3,(H,18,19)/t9-,12+/m0/s1. The number of oxazole rings is 1. The Bertz CT molecular complexity index is 636. The highest BCUT2D eigenvalue weighted by atomic mass is 16.3. The highest BCUT2D eigenvalue weighted by Gasteiger charge is 2.30. The minimum Gasteiger partial charge on any atom is -0.447 e. The summed E-state index contributed by atoms with van der Waals surface area (Å²) >= 11 is 0. The Morgan fingerprint density at radius 2 is 2.30 bits per heavy atom. The Hall–Kier alpha value is -2.14. The van der Waals surface area contributed by atoms with Crippen molar-refractivity contribution < 1.29 is 9.21 Å². The van der Waals surface area contributed by atoms with Crippen LogP contribution in [-0.4, -0.2) is 16.9 Å². The molecule has 1 aliphatic rings. The summed E-state index contributed by atoms with van der Waals surface area (Å²) in [6, 6.07) is 8.39. The Morgan fingerprint density at radius 3 is 3.00 bits per heavy atom. The van der Waals surface area contributed by atoms with E-state index in [1.165, 1.54) is 17.4 Å². The maximum Gasteiger partial charge on any atom is 0.273 e. The topological polar surface area (TPSA) is 81.2 Å². The van der Waals surface area contributed by atoms with Crippen LogP contribution in [0.2, 0.25) is 0 Å². The van der Waals surface area contributed by atoms with Gasteiger partial charge >= 0.3 is 0 Å². The van der Waals surface area contributed by atoms with E-state index in [0.29, 0.717) is 11.8 Å². The number of nitrogens with two attached hydrogens (primary N) is 1. The lowest BCUT2D eigenvalue weighted by Gasteiger charge is -2.17. The van der Waals surface area contributed by atoms with Gasteiger partial charge in [0.25, 0.3) is 5.91 Å². The first-order chi connectivity index (χ1) is 9.69. The van der Waals surface area contributed by atoms with E-state index in [2.05, 4.69) is 29.4 Å². The molecule has 0 unspecified atom stereocenters. The average molecular weight is 271 g/mol. The molecule has 0 fully saturated rings. The molecule has 1 amide bonds. The fraction of sp³-hybridized carbons (Fsp3) is 0.333. The second-order valence-electron chi connectivity index (χ2n) is 5.10. The van der Waals surface area contributed by atoms with E-state index in [0.717, 1.165) is 6.42 Å². The molecule has 3 rings (SSSR count). The Morgan fingerprint density at radius 1 is 1.50 bits per heavy atom. The van der Waals surface area contributed by atoms with Crippen LogP contribution in [0, 0.1) is 0 Å². The molecule has 2 atom stereocenters. The van der Waals surface area contributed by atoms with Crippen molar-refractivity contribution in [2.45, 2.75) is 31.8 Å². The molecule has 0 saturated carbocycles. The molecule has 1 heterocycles. The minimum atomic E-state index is -0.210. The number of hydrogen-bond acceptors (Lipinski definition) is 4. The van der Waals surface area contributed by atoms with Gasteiger partial charge in [-0.05, 0) is 17.5 Å². The fourth-order valence-corrected chi connectivity index (χ4v) is 2.72. The van der Waals surface area contributed by atoms with Crippen LogP contribution < -0.4 is 11.1 Å². The monoisotopic (exact) mass is 271 g/mol. The first kappa shape index (κ1) is 12.9. The summed E-state index contributed by atoms with van der Waals surface area (Å²) in [6.07, 6.45) is 2.20. The average Bonchev–Trinajstić information content (AvgIpc) is 3.05. The summed E-state index contributed by atoms with van der Waals surface area (Å²) in [5.74, 6) is 0.465. The van der Waals surface area contributed by atoms with Gasteiger partial charge in [-0.3, -0.25) is 4.79 Å². The second-order valence-corrected chi connectivity index (χ2v) is 5.10. The van der Waals surface area contributed by atoms with Gasteiger partial charge in [0.05, 0.1) is 6.54 Å². The molecule has 0 saturated heterocycles. The first-order valence-electron chi connectivity index (χ1n) is 6.72. The summed E-state index contributed by atoms with van der Waals surface area (Å²) in [7, 11) is 0. The lowest BCUT2D eigenvalue weighted by atomic mass is 10.0. The summed E-state index contributed by atoms with van der Waals surface area (Å²) in [5.41, 5.74) is 8.31. The lowest BCUT2D eigenvalue weighted by molar-refractivity contribution is 0.0929. The predicted octanol–water partition coefficient (Wildman–Crippen LogP) is 1.59. The zero-order valence-corrected chi connectivity index (χ0v) is 11.3. The van der Waals surface area contributed by atoms with Gasteiger partial charge in [0.2, 0.25) is 5.89 Å². The van der Waals surface area contributed by atoms with Crippen LogP contribution in [0.3, 0.4) is 0 Å². The Balaban J connectivity index is 1.72. The number of hydrogen-bond donors (Lipinski definition) is 2. The molecule has 1 aromatic carbocycles. The molecule has 1 aromatic heterocycles. The zero-order valence-electron chi connectivity index (χ0n) is 11.3. The largest absolute Gasteiger partial charge is 0.447 e. The lowest BCUT2D eigenvalue weighted by Crippen LogP contribution is -2.37. The molecule has 0 radical (unpaired) electrons. The van der Waals surface area contributed by atoms with Gasteiger partial charge in [0.1, 0.15) is 6.26 Å². The summed E-state index contributed by atoms with van der Waals surface area (Å²) < 4.78 is 5.09. The molecule has 5 heteroatoms. The molecule has 104 valence electrons. The van der Waals surface area contributed by atoms with Crippen molar-refractivity contribution in [2.24, 2.45) is 5.73 Å². The van der Waals surface area contributed by atoms with E-state index < -0.39 is 0 Å². The van der Waals surface area contributed by atoms with Crippen molar-refractivity contribution in [3.05, 3.63) is 53.2 Å². The summed E-state index contributed by atoms with van der Waals surface area (Å²) in [6.45, 7) is 2.32. The summed E-state index contributed by atoms with van der Waals surface area (Å²) in [5, 5.41) is 3.03. The predicted molar refractivity (Wildman–Crippen MR) is 74.2 cm³/mol. The number of nitrogens with one attached hydrogen (secondary N) is 1. The maximum atomic E-state index is 12.2. The van der Waals surface area contributed by atoms with Crippen LogP contribution in [-0.2, 0) is 13.0 Å². The highest BCUT2D eigenvalue weighted by molar-refractivity contribution is 5.92. The number of carbonyl (C=O) groups is 1. The molecule has 1 aliphatic carbocycles. The van der Waals surface area contributed by atoms with Crippen LogP contribution in [0.25, 0.3) is 0 Å². The maximum absolute atomic E-state index is 12.2. The van der Waals surface area contributed by atoms with E-state index in [1.807, 2.05) is 12.1 Å². The summed E-state index contributed by atoms with van der Waals surface area (Å²) in [4.78, 5) is 16.2. The Labute approximate surface area is 117 Å². The number of aromatic nitrogens is 1. The van der Waals surface area contributed by atoms with Crippen molar-refractivity contribution in [3.63, 3.8) is 0 Å². The molecular weight excluding hydrogens is 254 g/mol.